The molecule has 1 aliphatic rings. The highest BCUT2D eigenvalue weighted by atomic mass is 16.4. The Morgan fingerprint density at radius 3 is 2.83 bits per heavy atom. The lowest BCUT2D eigenvalue weighted by Crippen LogP contribution is -2.42. The minimum atomic E-state index is -0.774. The van der Waals surface area contributed by atoms with Gasteiger partial charge in [-0.05, 0) is 26.9 Å². The smallest absolute Gasteiger partial charge is 0.320 e. The molecule has 2 unspecified atom stereocenters. The topological polar surface area (TPSA) is 52.6 Å². The van der Waals surface area contributed by atoms with Gasteiger partial charge in [-0.2, -0.15) is 0 Å². The second-order valence-electron chi connectivity index (χ2n) is 3.47. The quantitative estimate of drug-likeness (QED) is 0.616. The fourth-order valence-electron chi connectivity index (χ4n) is 1.50. The van der Waals surface area contributed by atoms with Gasteiger partial charge in [0.1, 0.15) is 6.04 Å². The van der Waals surface area contributed by atoms with E-state index in [1.165, 1.54) is 0 Å². The van der Waals surface area contributed by atoms with Crippen molar-refractivity contribution in [3.8, 4) is 0 Å². The molecule has 0 bridgehead atoms. The minimum Gasteiger partial charge on any atom is -0.480 e. The van der Waals surface area contributed by atoms with Crippen LogP contribution in [0.5, 0.6) is 0 Å². The molecule has 0 aromatic carbocycles. The van der Waals surface area contributed by atoms with E-state index in [1.54, 1.807) is 6.92 Å². The molecule has 1 fully saturated rings. The summed E-state index contributed by atoms with van der Waals surface area (Å²) in [6, 6.07) is -0.0809. The number of likely N-dealkylation sites (N-methyl/N-ethyl adjacent to an activating group) is 1. The Bertz CT molecular complexity index is 172. The molecule has 12 heavy (non-hydrogen) atoms. The van der Waals surface area contributed by atoms with E-state index in [9.17, 15) is 4.79 Å². The van der Waals surface area contributed by atoms with Crippen LogP contribution >= 0.6 is 0 Å². The molecule has 2 N–H and O–H groups in total. The Morgan fingerprint density at radius 2 is 2.42 bits per heavy atom. The van der Waals surface area contributed by atoms with Crippen LogP contribution in [-0.2, 0) is 4.79 Å². The summed E-state index contributed by atoms with van der Waals surface area (Å²) in [6.07, 6.45) is 1.05. The van der Waals surface area contributed by atoms with Crippen LogP contribution in [0.15, 0.2) is 0 Å². The Labute approximate surface area is 72.6 Å². The van der Waals surface area contributed by atoms with E-state index in [4.69, 9.17) is 5.11 Å². The molecule has 0 aromatic rings. The molecule has 1 saturated heterocycles. The SMILES string of the molecule is CC(NC1CCN(C)C1)C(=O)O. The summed E-state index contributed by atoms with van der Waals surface area (Å²) >= 11 is 0. The van der Waals surface area contributed by atoms with Gasteiger partial charge < -0.3 is 15.3 Å². The number of hydrogen-bond donors (Lipinski definition) is 2. The highest BCUT2D eigenvalue weighted by molar-refractivity contribution is 5.72. The molecule has 1 rings (SSSR count). The van der Waals surface area contributed by atoms with Gasteiger partial charge in [-0.3, -0.25) is 4.79 Å². The van der Waals surface area contributed by atoms with Crippen molar-refractivity contribution in [1.29, 1.82) is 0 Å². The molecular formula is C8H16N2O2. The summed E-state index contributed by atoms with van der Waals surface area (Å²) in [5.74, 6) is -0.774. The molecule has 4 heteroatoms. The largest absolute Gasteiger partial charge is 0.480 e. The number of hydrogen-bond acceptors (Lipinski definition) is 3. The average Bonchev–Trinajstić information content (AvgIpc) is 2.35. The van der Waals surface area contributed by atoms with Crippen molar-refractivity contribution in [2.45, 2.75) is 25.4 Å². The first-order chi connectivity index (χ1) is 5.59. The van der Waals surface area contributed by atoms with E-state index in [2.05, 4.69) is 10.2 Å². The van der Waals surface area contributed by atoms with E-state index in [-0.39, 0.29) is 0 Å². The van der Waals surface area contributed by atoms with Crippen LogP contribution in [0.1, 0.15) is 13.3 Å². The Hall–Kier alpha value is -0.610. The lowest BCUT2D eigenvalue weighted by Gasteiger charge is -2.15. The predicted molar refractivity (Wildman–Crippen MR) is 46.1 cm³/mol. The van der Waals surface area contributed by atoms with Crippen molar-refractivity contribution < 1.29 is 9.90 Å². The highest BCUT2D eigenvalue weighted by Gasteiger charge is 2.22. The van der Waals surface area contributed by atoms with Crippen molar-refractivity contribution in [3.63, 3.8) is 0 Å². The second kappa shape index (κ2) is 3.87. The molecule has 0 spiro atoms. The standard InChI is InChI=1S/C8H16N2O2/c1-6(8(11)12)9-7-3-4-10(2)5-7/h6-7,9H,3-5H2,1-2H3,(H,11,12). The van der Waals surface area contributed by atoms with Gasteiger partial charge in [-0.15, -0.1) is 0 Å². The molecule has 4 nitrogen and oxygen atoms in total. The van der Waals surface area contributed by atoms with Crippen LogP contribution in [0.2, 0.25) is 0 Å². The average molecular weight is 172 g/mol. The van der Waals surface area contributed by atoms with Crippen LogP contribution < -0.4 is 5.32 Å². The van der Waals surface area contributed by atoms with Gasteiger partial charge in [-0.1, -0.05) is 0 Å². The molecule has 0 aromatic heterocycles. The highest BCUT2D eigenvalue weighted by Crippen LogP contribution is 2.06. The number of carboxylic acid groups (broad SMARTS) is 1. The molecule has 0 amide bonds. The number of nitrogens with one attached hydrogen (secondary N) is 1. The van der Waals surface area contributed by atoms with Crippen molar-refractivity contribution in [1.82, 2.24) is 10.2 Å². The Kier molecular flexibility index (Phi) is 3.05. The van der Waals surface area contributed by atoms with Crippen LogP contribution in [0.25, 0.3) is 0 Å². The lowest BCUT2D eigenvalue weighted by molar-refractivity contribution is -0.139. The van der Waals surface area contributed by atoms with E-state index in [0.29, 0.717) is 6.04 Å². The molecule has 0 aliphatic carbocycles. The Balaban J connectivity index is 2.27. The van der Waals surface area contributed by atoms with Crippen LogP contribution in [0.4, 0.5) is 0 Å². The van der Waals surface area contributed by atoms with Gasteiger partial charge in [0.2, 0.25) is 0 Å². The van der Waals surface area contributed by atoms with Crippen LogP contribution in [0.3, 0.4) is 0 Å². The molecule has 0 radical (unpaired) electrons. The first kappa shape index (κ1) is 9.48. The van der Waals surface area contributed by atoms with Crippen molar-refractivity contribution in [3.05, 3.63) is 0 Å². The molecule has 0 saturated carbocycles. The number of likely N-dealkylation sites (tertiary alicyclic amines) is 1. The summed E-state index contributed by atoms with van der Waals surface area (Å²) in [5, 5.41) is 11.7. The van der Waals surface area contributed by atoms with Gasteiger partial charge >= 0.3 is 5.97 Å². The first-order valence-electron chi connectivity index (χ1n) is 4.27. The van der Waals surface area contributed by atoms with Gasteiger partial charge in [0.05, 0.1) is 0 Å². The third-order valence-electron chi connectivity index (χ3n) is 2.25. The zero-order chi connectivity index (χ0) is 9.14. The fraction of sp³-hybridized carbons (Fsp3) is 0.875. The van der Waals surface area contributed by atoms with Crippen LogP contribution in [-0.4, -0.2) is 48.2 Å². The monoisotopic (exact) mass is 172 g/mol. The van der Waals surface area contributed by atoms with Crippen molar-refractivity contribution in [2.75, 3.05) is 20.1 Å². The summed E-state index contributed by atoms with van der Waals surface area (Å²) in [6.45, 7) is 3.70. The number of rotatable bonds is 3. The molecule has 70 valence electrons. The van der Waals surface area contributed by atoms with Crippen molar-refractivity contribution in [2.24, 2.45) is 0 Å². The number of aliphatic carboxylic acids is 1. The zero-order valence-electron chi connectivity index (χ0n) is 7.58. The van der Waals surface area contributed by atoms with E-state index < -0.39 is 12.0 Å². The maximum atomic E-state index is 10.5. The maximum absolute atomic E-state index is 10.5. The summed E-state index contributed by atoms with van der Waals surface area (Å²) in [7, 11) is 2.05. The second-order valence-corrected chi connectivity index (χ2v) is 3.47. The van der Waals surface area contributed by atoms with Crippen molar-refractivity contribution >= 4 is 5.97 Å². The molecule has 2 atom stereocenters. The summed E-state index contributed by atoms with van der Waals surface area (Å²) < 4.78 is 0. The van der Waals surface area contributed by atoms with Gasteiger partial charge in [0.25, 0.3) is 0 Å². The summed E-state index contributed by atoms with van der Waals surface area (Å²) in [4.78, 5) is 12.7. The minimum absolute atomic E-state index is 0.348. The molecule has 1 heterocycles. The predicted octanol–water partition coefficient (Wildman–Crippen LogP) is -0.247. The number of carbonyl (C=O) groups is 1. The maximum Gasteiger partial charge on any atom is 0.320 e. The lowest BCUT2D eigenvalue weighted by atomic mass is 10.2. The van der Waals surface area contributed by atoms with Gasteiger partial charge in [0, 0.05) is 12.6 Å². The van der Waals surface area contributed by atoms with Crippen LogP contribution in [0, 0.1) is 0 Å². The van der Waals surface area contributed by atoms with Gasteiger partial charge in [0.15, 0.2) is 0 Å². The normalized spacial score (nSPS) is 27.3. The number of carboxylic acids is 1. The third kappa shape index (κ3) is 2.46. The van der Waals surface area contributed by atoms with E-state index in [1.807, 2.05) is 7.05 Å². The first-order valence-corrected chi connectivity index (χ1v) is 4.27. The van der Waals surface area contributed by atoms with E-state index in [0.717, 1.165) is 19.5 Å². The number of nitrogens with zero attached hydrogens (tertiary/aromatic N) is 1. The summed E-state index contributed by atoms with van der Waals surface area (Å²) in [5.41, 5.74) is 0. The Morgan fingerprint density at radius 1 is 1.75 bits per heavy atom. The zero-order valence-corrected chi connectivity index (χ0v) is 7.58. The fourth-order valence-corrected chi connectivity index (χ4v) is 1.50. The van der Waals surface area contributed by atoms with E-state index >= 15 is 0 Å². The molecule has 1 aliphatic heterocycles. The molecular weight excluding hydrogens is 156 g/mol. The third-order valence-corrected chi connectivity index (χ3v) is 2.25. The van der Waals surface area contributed by atoms with Gasteiger partial charge in [-0.25, -0.2) is 0 Å².